The zero-order valence-electron chi connectivity index (χ0n) is 8.71. The van der Waals surface area contributed by atoms with E-state index in [9.17, 15) is 0 Å². The first-order valence-corrected chi connectivity index (χ1v) is 4.68. The quantitative estimate of drug-likeness (QED) is 0.480. The summed E-state index contributed by atoms with van der Waals surface area (Å²) in [6.07, 6.45) is 2.46. The summed E-state index contributed by atoms with van der Waals surface area (Å²) in [6, 6.07) is 0. The van der Waals surface area contributed by atoms with E-state index in [1.807, 2.05) is 19.0 Å². The molecular formula is C9H19N3O. The van der Waals surface area contributed by atoms with Gasteiger partial charge in [-0.05, 0) is 12.8 Å². The largest absolute Gasteiger partial charge is 0.381 e. The maximum atomic E-state index is 7.77. The van der Waals surface area contributed by atoms with Crippen LogP contribution < -0.4 is 0 Å². The molecular weight excluding hydrogens is 166 g/mol. The van der Waals surface area contributed by atoms with Crippen molar-refractivity contribution in [1.29, 1.82) is 5.41 Å². The molecule has 0 amide bonds. The molecule has 76 valence electrons. The average Bonchev–Trinajstić information content (AvgIpc) is 2.17. The SMILES string of the molecule is COC1CCN(C(=N)N(C)C)CC1. The average molecular weight is 185 g/mol. The molecule has 1 heterocycles. The Morgan fingerprint density at radius 2 is 1.92 bits per heavy atom. The topological polar surface area (TPSA) is 39.6 Å². The predicted octanol–water partition coefficient (Wildman–Crippen LogP) is 0.594. The van der Waals surface area contributed by atoms with Crippen LogP contribution in [0.5, 0.6) is 0 Å². The predicted molar refractivity (Wildman–Crippen MR) is 53.0 cm³/mol. The Balaban J connectivity index is 2.36. The summed E-state index contributed by atoms with van der Waals surface area (Å²) < 4.78 is 5.27. The minimum Gasteiger partial charge on any atom is -0.381 e. The summed E-state index contributed by atoms with van der Waals surface area (Å²) in [5, 5.41) is 7.77. The van der Waals surface area contributed by atoms with Crippen molar-refractivity contribution in [3.8, 4) is 0 Å². The fourth-order valence-corrected chi connectivity index (χ4v) is 1.59. The van der Waals surface area contributed by atoms with E-state index in [0.717, 1.165) is 25.9 Å². The van der Waals surface area contributed by atoms with Crippen molar-refractivity contribution in [3.63, 3.8) is 0 Å². The van der Waals surface area contributed by atoms with Gasteiger partial charge in [0.25, 0.3) is 0 Å². The van der Waals surface area contributed by atoms with Crippen molar-refractivity contribution in [2.24, 2.45) is 0 Å². The van der Waals surface area contributed by atoms with Gasteiger partial charge in [0, 0.05) is 34.3 Å². The molecule has 4 heteroatoms. The second-order valence-corrected chi connectivity index (χ2v) is 3.64. The van der Waals surface area contributed by atoms with E-state index in [1.54, 1.807) is 7.11 Å². The number of piperidine rings is 1. The summed E-state index contributed by atoms with van der Waals surface area (Å²) in [5.41, 5.74) is 0. The molecule has 1 fully saturated rings. The lowest BCUT2D eigenvalue weighted by Crippen LogP contribution is -2.45. The normalized spacial score (nSPS) is 18.8. The molecule has 1 aliphatic heterocycles. The van der Waals surface area contributed by atoms with Crippen molar-refractivity contribution in [2.45, 2.75) is 18.9 Å². The van der Waals surface area contributed by atoms with E-state index in [4.69, 9.17) is 10.1 Å². The Hall–Kier alpha value is -0.770. The smallest absolute Gasteiger partial charge is 0.193 e. The van der Waals surface area contributed by atoms with Gasteiger partial charge in [-0.2, -0.15) is 0 Å². The Labute approximate surface area is 80.0 Å². The number of hydrogen-bond donors (Lipinski definition) is 1. The molecule has 1 N–H and O–H groups in total. The van der Waals surface area contributed by atoms with Gasteiger partial charge >= 0.3 is 0 Å². The lowest BCUT2D eigenvalue weighted by molar-refractivity contribution is 0.0555. The summed E-state index contributed by atoms with van der Waals surface area (Å²) in [4.78, 5) is 3.93. The molecule has 0 radical (unpaired) electrons. The van der Waals surface area contributed by atoms with E-state index in [-0.39, 0.29) is 0 Å². The highest BCUT2D eigenvalue weighted by atomic mass is 16.5. The molecule has 0 unspecified atom stereocenters. The lowest BCUT2D eigenvalue weighted by atomic mass is 10.1. The van der Waals surface area contributed by atoms with Gasteiger partial charge in [0.1, 0.15) is 0 Å². The highest BCUT2D eigenvalue weighted by Crippen LogP contribution is 2.13. The van der Waals surface area contributed by atoms with E-state index in [1.165, 1.54) is 0 Å². The highest BCUT2D eigenvalue weighted by Gasteiger charge is 2.20. The molecule has 1 aliphatic rings. The highest BCUT2D eigenvalue weighted by molar-refractivity contribution is 5.76. The van der Waals surface area contributed by atoms with Crippen molar-refractivity contribution in [3.05, 3.63) is 0 Å². The first-order chi connectivity index (χ1) is 6.15. The molecule has 0 aromatic heterocycles. The van der Waals surface area contributed by atoms with Crippen molar-refractivity contribution in [1.82, 2.24) is 9.80 Å². The molecule has 0 spiro atoms. The minimum atomic E-state index is 0.395. The van der Waals surface area contributed by atoms with E-state index < -0.39 is 0 Å². The second-order valence-electron chi connectivity index (χ2n) is 3.64. The monoisotopic (exact) mass is 185 g/mol. The van der Waals surface area contributed by atoms with Crippen LogP contribution >= 0.6 is 0 Å². The maximum Gasteiger partial charge on any atom is 0.193 e. The number of likely N-dealkylation sites (tertiary alicyclic amines) is 1. The Morgan fingerprint density at radius 1 is 1.38 bits per heavy atom. The van der Waals surface area contributed by atoms with Crippen LogP contribution in [0.4, 0.5) is 0 Å². The Kier molecular flexibility index (Phi) is 3.54. The molecule has 0 aromatic rings. The number of guanidine groups is 1. The third-order valence-electron chi connectivity index (χ3n) is 2.50. The zero-order valence-corrected chi connectivity index (χ0v) is 8.71. The molecule has 0 aliphatic carbocycles. The number of rotatable bonds is 1. The number of hydrogen-bond acceptors (Lipinski definition) is 2. The van der Waals surface area contributed by atoms with Crippen molar-refractivity contribution in [2.75, 3.05) is 34.3 Å². The summed E-state index contributed by atoms with van der Waals surface area (Å²) in [5.74, 6) is 0.606. The van der Waals surface area contributed by atoms with E-state index >= 15 is 0 Å². The zero-order chi connectivity index (χ0) is 9.84. The van der Waals surface area contributed by atoms with Crippen LogP contribution in [0.3, 0.4) is 0 Å². The van der Waals surface area contributed by atoms with Gasteiger partial charge in [-0.15, -0.1) is 0 Å². The molecule has 13 heavy (non-hydrogen) atoms. The van der Waals surface area contributed by atoms with Gasteiger partial charge in [0.15, 0.2) is 5.96 Å². The van der Waals surface area contributed by atoms with Gasteiger partial charge in [-0.25, -0.2) is 0 Å². The third kappa shape index (κ3) is 2.59. The summed E-state index contributed by atoms with van der Waals surface area (Å²) >= 11 is 0. The number of nitrogens with zero attached hydrogens (tertiary/aromatic N) is 2. The van der Waals surface area contributed by atoms with Gasteiger partial charge in [-0.1, -0.05) is 0 Å². The molecule has 4 nitrogen and oxygen atoms in total. The number of nitrogens with one attached hydrogen (secondary N) is 1. The number of methoxy groups -OCH3 is 1. The van der Waals surface area contributed by atoms with Gasteiger partial charge < -0.3 is 14.5 Å². The van der Waals surface area contributed by atoms with Crippen molar-refractivity contribution < 1.29 is 4.74 Å². The van der Waals surface area contributed by atoms with Crippen LogP contribution in [0, 0.1) is 5.41 Å². The lowest BCUT2D eigenvalue weighted by Gasteiger charge is -2.34. The van der Waals surface area contributed by atoms with Gasteiger partial charge in [-0.3, -0.25) is 5.41 Å². The van der Waals surface area contributed by atoms with Crippen molar-refractivity contribution >= 4 is 5.96 Å². The molecule has 0 bridgehead atoms. The number of ether oxygens (including phenoxy) is 1. The molecule has 0 saturated carbocycles. The first-order valence-electron chi connectivity index (χ1n) is 4.68. The fraction of sp³-hybridized carbons (Fsp3) is 0.889. The van der Waals surface area contributed by atoms with Crippen LogP contribution in [0.15, 0.2) is 0 Å². The van der Waals surface area contributed by atoms with Crippen LogP contribution in [-0.2, 0) is 4.74 Å². The van der Waals surface area contributed by atoms with Gasteiger partial charge in [0.05, 0.1) is 6.10 Å². The Bertz CT molecular complexity index is 174. The second kappa shape index (κ2) is 4.46. The van der Waals surface area contributed by atoms with E-state index in [2.05, 4.69) is 4.90 Å². The van der Waals surface area contributed by atoms with Crippen LogP contribution in [-0.4, -0.2) is 56.2 Å². The fourth-order valence-electron chi connectivity index (χ4n) is 1.59. The summed E-state index contributed by atoms with van der Waals surface area (Å²) in [7, 11) is 5.58. The molecule has 0 atom stereocenters. The van der Waals surface area contributed by atoms with E-state index in [0.29, 0.717) is 12.1 Å². The maximum absolute atomic E-state index is 7.77. The van der Waals surface area contributed by atoms with Crippen LogP contribution in [0.2, 0.25) is 0 Å². The molecule has 1 rings (SSSR count). The first kappa shape index (κ1) is 10.3. The Morgan fingerprint density at radius 3 is 2.31 bits per heavy atom. The minimum absolute atomic E-state index is 0.395. The summed E-state index contributed by atoms with van der Waals surface area (Å²) in [6.45, 7) is 1.88. The van der Waals surface area contributed by atoms with Gasteiger partial charge in [0.2, 0.25) is 0 Å². The van der Waals surface area contributed by atoms with Crippen LogP contribution in [0.25, 0.3) is 0 Å². The van der Waals surface area contributed by atoms with Crippen LogP contribution in [0.1, 0.15) is 12.8 Å². The third-order valence-corrected chi connectivity index (χ3v) is 2.50. The molecule has 0 aromatic carbocycles. The standard InChI is InChI=1S/C9H19N3O/c1-11(2)9(10)12-6-4-8(13-3)5-7-12/h8,10H,4-7H2,1-3H3. The molecule has 1 saturated heterocycles.